The molecule has 18 heavy (non-hydrogen) atoms. The maximum absolute atomic E-state index is 12.8. The number of carbonyl (C=O) groups is 1. The molecule has 0 spiro atoms. The van der Waals surface area contributed by atoms with Crippen LogP contribution in [0.25, 0.3) is 0 Å². The lowest BCUT2D eigenvalue weighted by atomic mass is 9.72. The van der Waals surface area contributed by atoms with E-state index in [0.29, 0.717) is 0 Å². The van der Waals surface area contributed by atoms with E-state index in [1.807, 2.05) is 4.68 Å². The molecule has 0 N–H and O–H groups in total. The highest BCUT2D eigenvalue weighted by Gasteiger charge is 2.37. The van der Waals surface area contributed by atoms with Crippen molar-refractivity contribution in [3.8, 4) is 0 Å². The summed E-state index contributed by atoms with van der Waals surface area (Å²) in [5.41, 5.74) is 0.577. The van der Waals surface area contributed by atoms with Gasteiger partial charge in [-0.2, -0.15) is 5.10 Å². The van der Waals surface area contributed by atoms with Crippen LogP contribution in [0.3, 0.4) is 0 Å². The molecule has 1 aliphatic carbocycles. The molecule has 1 saturated carbocycles. The predicted octanol–water partition coefficient (Wildman–Crippen LogP) is 4.21. The van der Waals surface area contributed by atoms with Gasteiger partial charge >= 0.3 is 0 Å². The molecule has 1 aliphatic rings. The first kappa shape index (κ1) is 13.8. The summed E-state index contributed by atoms with van der Waals surface area (Å²) in [6.07, 6.45) is 8.35. The summed E-state index contributed by atoms with van der Waals surface area (Å²) in [4.78, 5) is 12.8. The number of nitrogens with zero attached hydrogens (tertiary/aromatic N) is 2. The fraction of sp³-hybridized carbons (Fsp3) is 0.714. The second kappa shape index (κ2) is 5.55. The second-order valence-corrected chi connectivity index (χ2v) is 6.37. The molecule has 1 fully saturated rings. The number of ketones is 1. The zero-order valence-electron chi connectivity index (χ0n) is 11.2. The van der Waals surface area contributed by atoms with E-state index in [1.165, 1.54) is 19.3 Å². The van der Waals surface area contributed by atoms with E-state index in [4.69, 9.17) is 0 Å². The highest BCUT2D eigenvalue weighted by atomic mass is 79.9. The monoisotopic (exact) mass is 312 g/mol. The smallest absolute Gasteiger partial charge is 0.187 e. The summed E-state index contributed by atoms with van der Waals surface area (Å²) in [5, 5.41) is 4.30. The third kappa shape index (κ3) is 2.53. The largest absolute Gasteiger partial charge is 0.292 e. The lowest BCUT2D eigenvalue weighted by Crippen LogP contribution is -2.32. The van der Waals surface area contributed by atoms with Crippen molar-refractivity contribution in [1.82, 2.24) is 9.78 Å². The number of rotatable bonds is 4. The van der Waals surface area contributed by atoms with E-state index in [1.54, 1.807) is 6.20 Å². The van der Waals surface area contributed by atoms with Gasteiger partial charge in [-0.15, -0.1) is 0 Å². The van der Waals surface area contributed by atoms with Crippen LogP contribution in [0.2, 0.25) is 0 Å². The first-order valence-corrected chi connectivity index (χ1v) is 7.64. The molecule has 0 aromatic carbocycles. The minimum Gasteiger partial charge on any atom is -0.292 e. The Morgan fingerprint density at radius 1 is 1.44 bits per heavy atom. The van der Waals surface area contributed by atoms with E-state index >= 15 is 0 Å². The molecule has 0 atom stereocenters. The normalized spacial score (nSPS) is 18.8. The minimum absolute atomic E-state index is 0.188. The van der Waals surface area contributed by atoms with Gasteiger partial charge in [0.15, 0.2) is 5.78 Å². The molecule has 0 radical (unpaired) electrons. The number of halogens is 1. The van der Waals surface area contributed by atoms with Crippen LogP contribution in [0, 0.1) is 5.41 Å². The minimum atomic E-state index is -0.188. The van der Waals surface area contributed by atoms with Gasteiger partial charge in [-0.1, -0.05) is 33.1 Å². The lowest BCUT2D eigenvalue weighted by molar-refractivity contribution is 0.0736. The van der Waals surface area contributed by atoms with Gasteiger partial charge in [0, 0.05) is 12.0 Å². The van der Waals surface area contributed by atoms with E-state index in [-0.39, 0.29) is 11.2 Å². The number of aryl methyl sites for hydroxylation is 1. The van der Waals surface area contributed by atoms with Crippen molar-refractivity contribution in [2.75, 3.05) is 0 Å². The van der Waals surface area contributed by atoms with Crippen LogP contribution in [-0.2, 0) is 6.54 Å². The van der Waals surface area contributed by atoms with Crippen molar-refractivity contribution in [2.45, 2.75) is 58.9 Å². The van der Waals surface area contributed by atoms with Gasteiger partial charge in [0.05, 0.1) is 10.7 Å². The third-order valence-electron chi connectivity index (χ3n) is 3.95. The molecule has 1 aromatic rings. The van der Waals surface area contributed by atoms with Crippen LogP contribution >= 0.6 is 15.9 Å². The van der Waals surface area contributed by atoms with E-state index in [9.17, 15) is 4.79 Å². The van der Waals surface area contributed by atoms with Crippen molar-refractivity contribution < 1.29 is 4.79 Å². The molecule has 0 bridgehead atoms. The molecule has 0 saturated heterocycles. The van der Waals surface area contributed by atoms with Gasteiger partial charge < -0.3 is 0 Å². The quantitative estimate of drug-likeness (QED) is 0.781. The maximum atomic E-state index is 12.8. The number of Topliss-reactive ketones (excluding diaryl/α,β-unsaturated/α-hetero) is 1. The zero-order chi connectivity index (χ0) is 13.2. The lowest BCUT2D eigenvalue weighted by Gasteiger charge is -2.32. The molecule has 3 nitrogen and oxygen atoms in total. The average Bonchev–Trinajstić information content (AvgIpc) is 2.71. The molecule has 0 unspecified atom stereocenters. The highest BCUT2D eigenvalue weighted by molar-refractivity contribution is 9.10. The SMILES string of the molecule is CCCn1ncc(Br)c1C(=O)C1(C)CCCCC1. The topological polar surface area (TPSA) is 34.9 Å². The summed E-state index contributed by atoms with van der Waals surface area (Å²) in [6, 6.07) is 0. The Labute approximate surface area is 117 Å². The Kier molecular flexibility index (Phi) is 4.25. The van der Waals surface area contributed by atoms with Crippen molar-refractivity contribution in [1.29, 1.82) is 0 Å². The highest BCUT2D eigenvalue weighted by Crippen LogP contribution is 2.39. The summed E-state index contributed by atoms with van der Waals surface area (Å²) in [5.74, 6) is 0.264. The van der Waals surface area contributed by atoms with E-state index in [0.717, 1.165) is 36.0 Å². The van der Waals surface area contributed by atoms with Crippen LogP contribution in [0.4, 0.5) is 0 Å². The van der Waals surface area contributed by atoms with Crippen LogP contribution in [0.15, 0.2) is 10.7 Å². The Hall–Kier alpha value is -0.640. The van der Waals surface area contributed by atoms with Gasteiger partial charge in [0.2, 0.25) is 0 Å². The van der Waals surface area contributed by atoms with Gasteiger partial charge in [0.1, 0.15) is 5.69 Å². The van der Waals surface area contributed by atoms with Crippen molar-refractivity contribution in [3.05, 3.63) is 16.4 Å². The first-order chi connectivity index (χ1) is 8.58. The number of hydrogen-bond acceptors (Lipinski definition) is 2. The van der Waals surface area contributed by atoms with E-state index in [2.05, 4.69) is 34.9 Å². The predicted molar refractivity (Wildman–Crippen MR) is 75.7 cm³/mol. The van der Waals surface area contributed by atoms with Crippen molar-refractivity contribution in [2.24, 2.45) is 5.41 Å². The third-order valence-corrected chi connectivity index (χ3v) is 4.53. The summed E-state index contributed by atoms with van der Waals surface area (Å²) < 4.78 is 2.69. The van der Waals surface area contributed by atoms with Crippen LogP contribution in [-0.4, -0.2) is 15.6 Å². The van der Waals surface area contributed by atoms with Crippen molar-refractivity contribution in [3.63, 3.8) is 0 Å². The van der Waals surface area contributed by atoms with Gasteiger partial charge in [-0.25, -0.2) is 0 Å². The Balaban J connectivity index is 2.29. The molecule has 1 aromatic heterocycles. The average molecular weight is 313 g/mol. The molecule has 2 rings (SSSR count). The fourth-order valence-electron chi connectivity index (χ4n) is 2.81. The Bertz CT molecular complexity index is 433. The number of aromatic nitrogens is 2. The van der Waals surface area contributed by atoms with Gasteiger partial charge in [-0.3, -0.25) is 9.48 Å². The van der Waals surface area contributed by atoms with Gasteiger partial charge in [-0.05, 0) is 35.2 Å². The summed E-state index contributed by atoms with van der Waals surface area (Å²) in [7, 11) is 0. The molecule has 0 aliphatic heterocycles. The Morgan fingerprint density at radius 2 is 2.11 bits per heavy atom. The fourth-order valence-corrected chi connectivity index (χ4v) is 3.29. The number of carbonyl (C=O) groups excluding carboxylic acids is 1. The Morgan fingerprint density at radius 3 is 2.72 bits per heavy atom. The van der Waals surface area contributed by atoms with Gasteiger partial charge in [0.25, 0.3) is 0 Å². The number of hydrogen-bond donors (Lipinski definition) is 0. The van der Waals surface area contributed by atoms with E-state index < -0.39 is 0 Å². The molecular formula is C14H21BrN2O. The second-order valence-electron chi connectivity index (χ2n) is 5.51. The van der Waals surface area contributed by atoms with Crippen molar-refractivity contribution >= 4 is 21.7 Å². The maximum Gasteiger partial charge on any atom is 0.187 e. The van der Waals surface area contributed by atoms with Crippen LogP contribution in [0.1, 0.15) is 62.9 Å². The zero-order valence-corrected chi connectivity index (χ0v) is 12.8. The summed E-state index contributed by atoms with van der Waals surface area (Å²) in [6.45, 7) is 5.03. The molecule has 4 heteroatoms. The molecule has 0 amide bonds. The standard InChI is InChI=1S/C14H21BrN2O/c1-3-9-17-12(11(15)10-16-17)13(18)14(2)7-5-4-6-8-14/h10H,3-9H2,1-2H3. The van der Waals surface area contributed by atoms with Crippen LogP contribution < -0.4 is 0 Å². The first-order valence-electron chi connectivity index (χ1n) is 6.84. The van der Waals surface area contributed by atoms with Crippen LogP contribution in [0.5, 0.6) is 0 Å². The summed E-state index contributed by atoms with van der Waals surface area (Å²) >= 11 is 3.47. The molecular weight excluding hydrogens is 292 g/mol. The molecule has 1 heterocycles. The molecule has 100 valence electrons.